The van der Waals surface area contributed by atoms with E-state index in [9.17, 15) is 14.9 Å². The first kappa shape index (κ1) is 21.2. The molecule has 0 bridgehead atoms. The number of aromatic amines is 1. The number of carbonyl (C=O) groups is 1. The predicted octanol–water partition coefficient (Wildman–Crippen LogP) is 3.70. The van der Waals surface area contributed by atoms with Crippen LogP contribution in [0.1, 0.15) is 36.7 Å². The second kappa shape index (κ2) is 9.31. The molecule has 7 nitrogen and oxygen atoms in total. The molecular formula is C23H26N4O3. The van der Waals surface area contributed by atoms with E-state index in [-0.39, 0.29) is 17.9 Å². The van der Waals surface area contributed by atoms with E-state index < -0.39 is 5.97 Å². The normalized spacial score (nSPS) is 11.6. The van der Waals surface area contributed by atoms with E-state index in [1.807, 2.05) is 50.2 Å². The number of fused-ring (bicyclic) bond motifs is 1. The standard InChI is InChI=1S/C23H26N4O3/c1-4-10-26-16(2)13-18(17(26)3)14-19(15-24)22(28)30-12-7-11-27-21-9-6-5-8-20(21)25-23(27)29/h5-6,8-9,13-14H,4,7,10-12H2,1-3H3,(H,25,29)/b19-14+. The van der Waals surface area contributed by atoms with Gasteiger partial charge in [0, 0.05) is 24.5 Å². The number of rotatable bonds is 8. The molecule has 156 valence electrons. The minimum atomic E-state index is -0.649. The van der Waals surface area contributed by atoms with Crippen LogP contribution in [0.3, 0.4) is 0 Å². The lowest BCUT2D eigenvalue weighted by Crippen LogP contribution is -2.18. The summed E-state index contributed by atoms with van der Waals surface area (Å²) in [6.07, 6.45) is 3.06. The summed E-state index contributed by atoms with van der Waals surface area (Å²) in [5.74, 6) is -0.649. The molecule has 2 aromatic heterocycles. The first-order valence-corrected chi connectivity index (χ1v) is 10.1. The molecule has 0 fully saturated rings. The fourth-order valence-electron chi connectivity index (χ4n) is 3.63. The summed E-state index contributed by atoms with van der Waals surface area (Å²) in [4.78, 5) is 27.2. The molecule has 0 atom stereocenters. The number of esters is 1. The van der Waals surface area contributed by atoms with Gasteiger partial charge < -0.3 is 14.3 Å². The Morgan fingerprint density at radius 3 is 2.73 bits per heavy atom. The minimum Gasteiger partial charge on any atom is -0.462 e. The summed E-state index contributed by atoms with van der Waals surface area (Å²) in [7, 11) is 0. The molecule has 0 unspecified atom stereocenters. The lowest BCUT2D eigenvalue weighted by molar-refractivity contribution is -0.138. The highest BCUT2D eigenvalue weighted by Gasteiger charge is 2.14. The Balaban J connectivity index is 1.63. The van der Waals surface area contributed by atoms with E-state index in [0.29, 0.717) is 13.0 Å². The Labute approximate surface area is 175 Å². The number of benzene rings is 1. The highest BCUT2D eigenvalue weighted by atomic mass is 16.5. The number of hydrogen-bond donors (Lipinski definition) is 1. The molecule has 2 heterocycles. The molecule has 0 aliphatic carbocycles. The van der Waals surface area contributed by atoms with Gasteiger partial charge in [0.25, 0.3) is 0 Å². The number of carbonyl (C=O) groups excluding carboxylic acids is 1. The third-order valence-corrected chi connectivity index (χ3v) is 5.14. The molecular weight excluding hydrogens is 380 g/mol. The highest BCUT2D eigenvalue weighted by molar-refractivity contribution is 5.98. The van der Waals surface area contributed by atoms with E-state index >= 15 is 0 Å². The van der Waals surface area contributed by atoms with Crippen LogP contribution in [0.5, 0.6) is 0 Å². The van der Waals surface area contributed by atoms with Crippen LogP contribution in [-0.2, 0) is 22.6 Å². The van der Waals surface area contributed by atoms with Crippen LogP contribution in [0, 0.1) is 25.2 Å². The van der Waals surface area contributed by atoms with Crippen molar-refractivity contribution < 1.29 is 9.53 Å². The number of nitrogens with one attached hydrogen (secondary N) is 1. The summed E-state index contributed by atoms with van der Waals surface area (Å²) in [5.41, 5.74) is 4.33. The zero-order valence-electron chi connectivity index (χ0n) is 17.6. The average Bonchev–Trinajstić information content (AvgIpc) is 3.19. The van der Waals surface area contributed by atoms with Gasteiger partial charge in [-0.25, -0.2) is 9.59 Å². The molecule has 30 heavy (non-hydrogen) atoms. The SMILES string of the molecule is CCCn1c(C)cc(/C=C(\C#N)C(=O)OCCCn2c(=O)[nH]c3ccccc32)c1C. The van der Waals surface area contributed by atoms with Crippen LogP contribution in [0.15, 0.2) is 40.7 Å². The molecule has 7 heteroatoms. The van der Waals surface area contributed by atoms with Crippen molar-refractivity contribution in [3.8, 4) is 6.07 Å². The zero-order chi connectivity index (χ0) is 21.7. The fourth-order valence-corrected chi connectivity index (χ4v) is 3.63. The van der Waals surface area contributed by atoms with Crippen LogP contribution < -0.4 is 5.69 Å². The topological polar surface area (TPSA) is 92.8 Å². The van der Waals surface area contributed by atoms with Crippen LogP contribution >= 0.6 is 0 Å². The number of para-hydroxylation sites is 2. The molecule has 0 aliphatic heterocycles. The minimum absolute atomic E-state index is 0.0315. The largest absolute Gasteiger partial charge is 0.462 e. The number of H-pyrrole nitrogens is 1. The quantitative estimate of drug-likeness (QED) is 0.267. The van der Waals surface area contributed by atoms with Crippen LogP contribution in [0.25, 0.3) is 17.1 Å². The summed E-state index contributed by atoms with van der Waals surface area (Å²) in [5, 5.41) is 9.41. The second-order valence-electron chi connectivity index (χ2n) is 7.24. The molecule has 3 rings (SSSR count). The van der Waals surface area contributed by atoms with Crippen molar-refractivity contribution in [2.75, 3.05) is 6.61 Å². The summed E-state index contributed by atoms with van der Waals surface area (Å²) in [6.45, 7) is 7.53. The van der Waals surface area contributed by atoms with Crippen molar-refractivity contribution in [3.63, 3.8) is 0 Å². The van der Waals surface area contributed by atoms with Crippen molar-refractivity contribution in [2.24, 2.45) is 0 Å². The lowest BCUT2D eigenvalue weighted by atomic mass is 10.1. The van der Waals surface area contributed by atoms with Gasteiger partial charge in [-0.15, -0.1) is 0 Å². The maximum atomic E-state index is 12.4. The smallest absolute Gasteiger partial charge is 0.348 e. The Bertz CT molecular complexity index is 1190. The highest BCUT2D eigenvalue weighted by Crippen LogP contribution is 2.19. The first-order chi connectivity index (χ1) is 14.5. The van der Waals surface area contributed by atoms with E-state index in [0.717, 1.165) is 41.0 Å². The summed E-state index contributed by atoms with van der Waals surface area (Å²) >= 11 is 0. The van der Waals surface area contributed by atoms with E-state index in [1.54, 1.807) is 10.6 Å². The maximum Gasteiger partial charge on any atom is 0.348 e. The van der Waals surface area contributed by atoms with Crippen molar-refractivity contribution in [2.45, 2.75) is 46.7 Å². The first-order valence-electron chi connectivity index (χ1n) is 10.1. The van der Waals surface area contributed by atoms with Gasteiger partial charge in [-0.3, -0.25) is 4.57 Å². The number of aromatic nitrogens is 3. The van der Waals surface area contributed by atoms with Crippen molar-refractivity contribution in [1.29, 1.82) is 5.26 Å². The Morgan fingerprint density at radius 1 is 1.23 bits per heavy atom. The maximum absolute atomic E-state index is 12.4. The molecule has 0 saturated carbocycles. The monoisotopic (exact) mass is 406 g/mol. The Morgan fingerprint density at radius 2 is 2.00 bits per heavy atom. The van der Waals surface area contributed by atoms with E-state index in [1.165, 1.54) is 0 Å². The molecule has 0 amide bonds. The van der Waals surface area contributed by atoms with Gasteiger partial charge in [0.2, 0.25) is 0 Å². The summed E-state index contributed by atoms with van der Waals surface area (Å²) < 4.78 is 9.07. The van der Waals surface area contributed by atoms with Gasteiger partial charge >= 0.3 is 11.7 Å². The molecule has 1 aromatic carbocycles. The van der Waals surface area contributed by atoms with E-state index in [4.69, 9.17) is 4.74 Å². The van der Waals surface area contributed by atoms with Crippen molar-refractivity contribution >= 4 is 23.1 Å². The molecule has 0 radical (unpaired) electrons. The summed E-state index contributed by atoms with van der Waals surface area (Å²) in [6, 6.07) is 11.4. The molecule has 1 N–H and O–H groups in total. The van der Waals surface area contributed by atoms with Gasteiger partial charge in [0.05, 0.1) is 17.6 Å². The molecule has 0 saturated heterocycles. The Kier molecular flexibility index (Phi) is 6.58. The van der Waals surface area contributed by atoms with Gasteiger partial charge in [0.15, 0.2) is 0 Å². The molecule has 3 aromatic rings. The average molecular weight is 406 g/mol. The van der Waals surface area contributed by atoms with Gasteiger partial charge in [-0.1, -0.05) is 19.1 Å². The van der Waals surface area contributed by atoms with Gasteiger partial charge in [-0.2, -0.15) is 5.26 Å². The number of nitrogens with zero attached hydrogens (tertiary/aromatic N) is 3. The second-order valence-corrected chi connectivity index (χ2v) is 7.24. The third kappa shape index (κ3) is 4.38. The van der Waals surface area contributed by atoms with Crippen LogP contribution in [0.4, 0.5) is 0 Å². The van der Waals surface area contributed by atoms with Crippen molar-refractivity contribution in [1.82, 2.24) is 14.1 Å². The molecule has 0 spiro atoms. The molecule has 0 aliphatic rings. The van der Waals surface area contributed by atoms with Gasteiger partial charge in [0.1, 0.15) is 11.6 Å². The van der Waals surface area contributed by atoms with Crippen LogP contribution in [-0.4, -0.2) is 26.7 Å². The number of aryl methyl sites for hydroxylation is 2. The number of imidazole rings is 1. The number of ether oxygens (including phenoxy) is 1. The van der Waals surface area contributed by atoms with Gasteiger partial charge in [-0.05, 0) is 56.5 Å². The number of nitriles is 1. The van der Waals surface area contributed by atoms with E-state index in [2.05, 4.69) is 16.5 Å². The predicted molar refractivity (Wildman–Crippen MR) is 116 cm³/mol. The lowest BCUT2D eigenvalue weighted by Gasteiger charge is -2.07. The van der Waals surface area contributed by atoms with Crippen LogP contribution in [0.2, 0.25) is 0 Å². The van der Waals surface area contributed by atoms with Crippen molar-refractivity contribution in [3.05, 3.63) is 63.3 Å². The Hall–Kier alpha value is -3.53. The number of hydrogen-bond acceptors (Lipinski definition) is 4. The zero-order valence-corrected chi connectivity index (χ0v) is 17.6. The fraction of sp³-hybridized carbons (Fsp3) is 0.348. The third-order valence-electron chi connectivity index (χ3n) is 5.14.